The van der Waals surface area contributed by atoms with Crippen molar-refractivity contribution in [2.75, 3.05) is 0 Å². The van der Waals surface area contributed by atoms with E-state index in [0.717, 1.165) is 0 Å². The fourth-order valence-corrected chi connectivity index (χ4v) is 2.61. The van der Waals surface area contributed by atoms with Gasteiger partial charge in [-0.1, -0.05) is 59.3 Å². The third-order valence-electron chi connectivity index (χ3n) is 3.81. The van der Waals surface area contributed by atoms with Gasteiger partial charge < -0.3 is 0 Å². The van der Waals surface area contributed by atoms with Crippen molar-refractivity contribution in [1.29, 1.82) is 0 Å². The summed E-state index contributed by atoms with van der Waals surface area (Å²) in [6, 6.07) is 25.6. The quantitative estimate of drug-likeness (QED) is 0.381. The van der Waals surface area contributed by atoms with Crippen molar-refractivity contribution in [3.63, 3.8) is 0 Å². The van der Waals surface area contributed by atoms with Crippen LogP contribution in [-0.4, -0.2) is 0 Å². The Hall–Kier alpha value is -0.846. The van der Waals surface area contributed by atoms with Crippen molar-refractivity contribution in [2.24, 2.45) is 0 Å². The number of hydrogen-bond acceptors (Lipinski definition) is 0. The van der Waals surface area contributed by atoms with Crippen molar-refractivity contribution in [3.8, 4) is 0 Å². The van der Waals surface area contributed by atoms with E-state index in [1.165, 1.54) is 55.2 Å². The molecule has 0 radical (unpaired) electrons. The van der Waals surface area contributed by atoms with E-state index in [-0.39, 0.29) is 32.7 Å². The molecule has 0 aliphatic rings. The fourth-order valence-electron chi connectivity index (χ4n) is 2.61. The number of hydrogen-bond donors (Lipinski definition) is 0. The Morgan fingerprint density at radius 1 is 0.440 bits per heavy atom. The molecule has 0 aliphatic heterocycles. The Morgan fingerprint density at radius 2 is 0.640 bits per heavy atom. The van der Waals surface area contributed by atoms with E-state index in [1.54, 1.807) is 0 Å². The topological polar surface area (TPSA) is 0 Å². The third kappa shape index (κ3) is 12.2. The van der Waals surface area contributed by atoms with Crippen LogP contribution in [0.25, 0.3) is 0 Å². The van der Waals surface area contributed by atoms with E-state index in [2.05, 4.69) is 93.6 Å². The van der Waals surface area contributed by atoms with Crippen molar-refractivity contribution < 1.29 is 32.7 Å². The van der Waals surface area contributed by atoms with Gasteiger partial charge >= 0.3 is 32.7 Å². The van der Waals surface area contributed by atoms with E-state index in [0.29, 0.717) is 0 Å². The molecule has 25 heavy (non-hydrogen) atoms. The van der Waals surface area contributed by atoms with Crippen molar-refractivity contribution in [3.05, 3.63) is 89.5 Å². The van der Waals surface area contributed by atoms with Crippen LogP contribution < -0.4 is 0 Å². The second-order valence-corrected chi connectivity index (χ2v) is 6.13. The molecule has 0 saturated heterocycles. The first kappa shape index (κ1) is 24.2. The zero-order valence-electron chi connectivity index (χ0n) is 16.2. The van der Waals surface area contributed by atoms with Gasteiger partial charge in [0.1, 0.15) is 0 Å². The predicted octanol–water partition coefficient (Wildman–Crippen LogP) is 7.07. The van der Waals surface area contributed by atoms with Gasteiger partial charge in [0.05, 0.1) is 0 Å². The number of aryl methyl sites for hydroxylation is 3. The molecule has 0 spiro atoms. The predicted molar refractivity (Wildman–Crippen MR) is 108 cm³/mol. The van der Waals surface area contributed by atoms with Gasteiger partial charge in [0.25, 0.3) is 0 Å². The molecule has 0 nitrogen and oxygen atoms in total. The second kappa shape index (κ2) is 16.6. The van der Waals surface area contributed by atoms with Gasteiger partial charge in [-0.25, -0.2) is 36.4 Å². The maximum absolute atomic E-state index is 2.20. The zero-order valence-corrected chi connectivity index (χ0v) is 19.1. The monoisotopic (exact) mass is 410 g/mol. The first-order chi connectivity index (χ1) is 11.8. The summed E-state index contributed by atoms with van der Waals surface area (Å²) >= 11 is 0. The van der Waals surface area contributed by atoms with Crippen molar-refractivity contribution >= 4 is 0 Å². The van der Waals surface area contributed by atoms with Crippen LogP contribution in [-0.2, 0) is 52.0 Å². The zero-order chi connectivity index (χ0) is 17.5. The molecule has 0 bridgehead atoms. The van der Waals surface area contributed by atoms with Crippen LogP contribution in [0.4, 0.5) is 0 Å². The van der Waals surface area contributed by atoms with E-state index >= 15 is 0 Å². The molecule has 0 N–H and O–H groups in total. The van der Waals surface area contributed by atoms with Crippen LogP contribution in [0.2, 0.25) is 0 Å². The molecule has 0 unspecified atom stereocenters. The van der Waals surface area contributed by atoms with Gasteiger partial charge in [-0.2, -0.15) is 53.1 Å². The molecule has 0 aliphatic carbocycles. The normalized spacial score (nSPS) is 9.24. The molecular weight excluding hydrogens is 377 g/mol. The van der Waals surface area contributed by atoms with E-state index in [1.807, 2.05) is 0 Å². The van der Waals surface area contributed by atoms with Crippen LogP contribution in [0.3, 0.4) is 0 Å². The summed E-state index contributed by atoms with van der Waals surface area (Å²) < 4.78 is 0. The summed E-state index contributed by atoms with van der Waals surface area (Å²) in [6.45, 7) is 6.60. The first-order valence-corrected chi connectivity index (χ1v) is 9.41. The molecule has 0 atom stereocenters. The molecule has 132 valence electrons. The van der Waals surface area contributed by atoms with Gasteiger partial charge in [0.2, 0.25) is 0 Å². The van der Waals surface area contributed by atoms with E-state index < -0.39 is 0 Å². The summed E-state index contributed by atoms with van der Waals surface area (Å²) in [5.41, 5.74) is 4.40. The standard InChI is InChI=1S/3C8H11.Y/c3*1-2-5-8-6-3-4-7-8;/h3*3-4,6-7H,2,5H2,1H3;/q3*-1;+3. The Morgan fingerprint density at radius 3 is 0.800 bits per heavy atom. The first-order valence-electron chi connectivity index (χ1n) is 9.41. The van der Waals surface area contributed by atoms with Crippen LogP contribution in [0.5, 0.6) is 0 Å². The van der Waals surface area contributed by atoms with Gasteiger partial charge in [-0.3, -0.25) is 0 Å². The minimum Gasteiger partial charge on any atom is -0.213 e. The van der Waals surface area contributed by atoms with Crippen LogP contribution in [0.15, 0.2) is 72.8 Å². The summed E-state index contributed by atoms with van der Waals surface area (Å²) in [5.74, 6) is 0. The third-order valence-corrected chi connectivity index (χ3v) is 3.81. The van der Waals surface area contributed by atoms with E-state index in [9.17, 15) is 0 Å². The van der Waals surface area contributed by atoms with Crippen LogP contribution in [0.1, 0.15) is 56.7 Å². The van der Waals surface area contributed by atoms with Crippen LogP contribution >= 0.6 is 0 Å². The van der Waals surface area contributed by atoms with Crippen molar-refractivity contribution in [1.82, 2.24) is 0 Å². The molecule has 3 rings (SSSR count). The molecular formula is C24H33Y. The molecule has 1 heteroatoms. The molecule has 3 aromatic rings. The maximum Gasteiger partial charge on any atom is 3.00 e. The summed E-state index contributed by atoms with van der Waals surface area (Å²) in [7, 11) is 0. The van der Waals surface area contributed by atoms with Gasteiger partial charge in [0.15, 0.2) is 0 Å². The Labute approximate surface area is 180 Å². The van der Waals surface area contributed by atoms with Gasteiger partial charge in [-0.15, -0.1) is 0 Å². The Balaban J connectivity index is 0.000000339. The summed E-state index contributed by atoms with van der Waals surface area (Å²) in [5, 5.41) is 0. The molecule has 0 fully saturated rings. The largest absolute Gasteiger partial charge is 3.00 e. The second-order valence-electron chi connectivity index (χ2n) is 6.13. The average Bonchev–Trinajstić information content (AvgIpc) is 3.33. The van der Waals surface area contributed by atoms with Gasteiger partial charge in [-0.05, 0) is 0 Å². The summed E-state index contributed by atoms with van der Waals surface area (Å²) in [4.78, 5) is 0. The molecule has 0 saturated carbocycles. The smallest absolute Gasteiger partial charge is 0.213 e. The minimum atomic E-state index is 0. The SMILES string of the molecule is CCC[c-]1cccc1.CCC[c-]1cccc1.CCC[c-]1cccc1.[Y+3]. The summed E-state index contributed by atoms with van der Waals surface area (Å²) in [6.07, 6.45) is 7.45. The van der Waals surface area contributed by atoms with Crippen molar-refractivity contribution in [2.45, 2.75) is 59.3 Å². The molecule has 3 aromatic carbocycles. The molecule has 0 amide bonds. The van der Waals surface area contributed by atoms with Crippen LogP contribution in [0, 0.1) is 0 Å². The molecule has 0 heterocycles. The Bertz CT molecular complexity index is 470. The Kier molecular flexibility index (Phi) is 16.1. The fraction of sp³-hybridized carbons (Fsp3) is 0.375. The minimum absolute atomic E-state index is 0. The van der Waals surface area contributed by atoms with Gasteiger partial charge in [0, 0.05) is 0 Å². The molecule has 0 aromatic heterocycles. The average molecular weight is 410 g/mol. The van der Waals surface area contributed by atoms with E-state index in [4.69, 9.17) is 0 Å². The maximum atomic E-state index is 2.20. The number of rotatable bonds is 6.